The van der Waals surface area contributed by atoms with Crippen molar-refractivity contribution in [1.82, 2.24) is 0 Å². The Balaban J connectivity index is 1.84. The van der Waals surface area contributed by atoms with E-state index in [0.717, 1.165) is 42.4 Å². The molecule has 2 aromatic rings. The van der Waals surface area contributed by atoms with Crippen LogP contribution in [0, 0.1) is 0 Å². The summed E-state index contributed by atoms with van der Waals surface area (Å²) >= 11 is 0. The van der Waals surface area contributed by atoms with Crippen molar-refractivity contribution < 1.29 is 14.2 Å². The van der Waals surface area contributed by atoms with Crippen LogP contribution < -0.4 is 24.8 Å². The highest BCUT2D eigenvalue weighted by Gasteiger charge is 2.27. The third-order valence-electron chi connectivity index (χ3n) is 4.77. The van der Waals surface area contributed by atoms with Gasteiger partial charge in [-0.1, -0.05) is 12.1 Å². The molecule has 0 bridgehead atoms. The molecular weight excluding hydrogens is 316 g/mol. The van der Waals surface area contributed by atoms with Crippen molar-refractivity contribution in [1.29, 1.82) is 0 Å². The van der Waals surface area contributed by atoms with Gasteiger partial charge in [0.05, 0.1) is 21.3 Å². The van der Waals surface area contributed by atoms with Crippen LogP contribution in [0.3, 0.4) is 0 Å². The molecule has 134 valence electrons. The fourth-order valence-electron chi connectivity index (χ4n) is 3.44. The Labute approximate surface area is 149 Å². The van der Waals surface area contributed by atoms with Crippen molar-refractivity contribution in [2.45, 2.75) is 18.4 Å². The summed E-state index contributed by atoms with van der Waals surface area (Å²) in [5.74, 6) is 2.83. The van der Waals surface area contributed by atoms with Crippen LogP contribution in [0.25, 0.3) is 0 Å². The Morgan fingerprint density at radius 3 is 2.00 bits per heavy atom. The molecule has 0 saturated carbocycles. The number of methoxy groups -OCH3 is 3. The minimum atomic E-state index is 0.123. The molecule has 25 heavy (non-hydrogen) atoms. The van der Waals surface area contributed by atoms with Gasteiger partial charge in [-0.15, -0.1) is 0 Å². The van der Waals surface area contributed by atoms with Crippen molar-refractivity contribution >= 4 is 5.69 Å². The lowest BCUT2D eigenvalue weighted by molar-refractivity contribution is 0.393. The molecule has 3 rings (SSSR count). The van der Waals surface area contributed by atoms with Gasteiger partial charge >= 0.3 is 0 Å². The topological polar surface area (TPSA) is 57.0 Å². The summed E-state index contributed by atoms with van der Waals surface area (Å²) in [5, 5.41) is 0. The van der Waals surface area contributed by atoms with E-state index in [2.05, 4.69) is 17.0 Å². The number of benzene rings is 2. The van der Waals surface area contributed by atoms with E-state index in [1.165, 1.54) is 5.56 Å². The summed E-state index contributed by atoms with van der Waals surface area (Å²) in [6.45, 7) is 1.74. The van der Waals surface area contributed by atoms with E-state index in [9.17, 15) is 0 Å². The zero-order valence-electron chi connectivity index (χ0n) is 15.1. The first kappa shape index (κ1) is 17.4. The average Bonchev–Trinajstić information content (AvgIpc) is 2.67. The van der Waals surface area contributed by atoms with Crippen LogP contribution >= 0.6 is 0 Å². The molecular formula is C20H26N2O3. The SMILES string of the molecule is COc1ccc(C2CC(N)CN(c3cc(OC)cc(OC)c3)C2)cc1. The van der Waals surface area contributed by atoms with Crippen molar-refractivity contribution in [3.8, 4) is 17.2 Å². The van der Waals surface area contributed by atoms with Crippen LogP contribution in [0.1, 0.15) is 17.9 Å². The number of hydrogen-bond acceptors (Lipinski definition) is 5. The predicted molar refractivity (Wildman–Crippen MR) is 100 cm³/mol. The molecule has 0 aromatic heterocycles. The second-order valence-corrected chi connectivity index (χ2v) is 6.44. The van der Waals surface area contributed by atoms with Gasteiger partial charge in [-0.05, 0) is 24.1 Å². The molecule has 2 aromatic carbocycles. The van der Waals surface area contributed by atoms with Crippen LogP contribution in [-0.4, -0.2) is 40.5 Å². The molecule has 0 aliphatic carbocycles. The van der Waals surface area contributed by atoms with Crippen LogP contribution in [0.4, 0.5) is 5.69 Å². The molecule has 0 spiro atoms. The lowest BCUT2D eigenvalue weighted by Gasteiger charge is -2.38. The van der Waals surface area contributed by atoms with Gasteiger partial charge in [0.2, 0.25) is 0 Å². The number of nitrogens with zero attached hydrogens (tertiary/aromatic N) is 1. The Hall–Kier alpha value is -2.40. The smallest absolute Gasteiger partial charge is 0.124 e. The molecule has 1 heterocycles. The number of rotatable bonds is 5. The van der Waals surface area contributed by atoms with E-state index in [1.54, 1.807) is 21.3 Å². The second kappa shape index (κ2) is 7.66. The Kier molecular flexibility index (Phi) is 5.34. The molecule has 1 aliphatic heterocycles. The molecule has 2 N–H and O–H groups in total. The molecule has 0 amide bonds. The van der Waals surface area contributed by atoms with E-state index in [-0.39, 0.29) is 6.04 Å². The van der Waals surface area contributed by atoms with Crippen LogP contribution in [-0.2, 0) is 0 Å². The number of hydrogen-bond donors (Lipinski definition) is 1. The third kappa shape index (κ3) is 3.99. The molecule has 1 aliphatic rings. The van der Waals surface area contributed by atoms with Gasteiger partial charge in [-0.2, -0.15) is 0 Å². The number of ether oxygens (including phenoxy) is 3. The van der Waals surface area contributed by atoms with E-state index < -0.39 is 0 Å². The first-order chi connectivity index (χ1) is 12.1. The second-order valence-electron chi connectivity index (χ2n) is 6.44. The summed E-state index contributed by atoms with van der Waals surface area (Å²) in [4.78, 5) is 2.31. The van der Waals surface area contributed by atoms with Crippen molar-refractivity contribution in [3.63, 3.8) is 0 Å². The number of anilines is 1. The maximum absolute atomic E-state index is 6.36. The Morgan fingerprint density at radius 2 is 1.44 bits per heavy atom. The lowest BCUT2D eigenvalue weighted by atomic mass is 9.88. The fourth-order valence-corrected chi connectivity index (χ4v) is 3.44. The Morgan fingerprint density at radius 1 is 0.840 bits per heavy atom. The maximum atomic E-state index is 6.36. The quantitative estimate of drug-likeness (QED) is 0.905. The van der Waals surface area contributed by atoms with Gasteiger partial charge in [0, 0.05) is 48.9 Å². The van der Waals surface area contributed by atoms with Crippen molar-refractivity contribution in [2.75, 3.05) is 39.3 Å². The maximum Gasteiger partial charge on any atom is 0.124 e. The third-order valence-corrected chi connectivity index (χ3v) is 4.77. The van der Waals surface area contributed by atoms with E-state index >= 15 is 0 Å². The van der Waals surface area contributed by atoms with Crippen molar-refractivity contribution in [2.24, 2.45) is 5.73 Å². The molecule has 2 atom stereocenters. The Bertz CT molecular complexity index is 680. The summed E-state index contributed by atoms with van der Waals surface area (Å²) < 4.78 is 16.1. The largest absolute Gasteiger partial charge is 0.497 e. The van der Waals surface area contributed by atoms with Gasteiger partial charge in [-0.3, -0.25) is 0 Å². The van der Waals surface area contributed by atoms with E-state index in [4.69, 9.17) is 19.9 Å². The highest BCUT2D eigenvalue weighted by Crippen LogP contribution is 2.34. The summed E-state index contributed by atoms with van der Waals surface area (Å²) in [6, 6.07) is 14.4. The zero-order valence-corrected chi connectivity index (χ0v) is 15.1. The predicted octanol–water partition coefficient (Wildman–Crippen LogP) is 3.03. The first-order valence-corrected chi connectivity index (χ1v) is 8.50. The van der Waals surface area contributed by atoms with Crippen molar-refractivity contribution in [3.05, 3.63) is 48.0 Å². The average molecular weight is 342 g/mol. The molecule has 5 heteroatoms. The van der Waals surface area contributed by atoms with Crippen LogP contribution in [0.15, 0.2) is 42.5 Å². The van der Waals surface area contributed by atoms with E-state index in [0.29, 0.717) is 5.92 Å². The van der Waals surface area contributed by atoms with Crippen LogP contribution in [0.2, 0.25) is 0 Å². The summed E-state index contributed by atoms with van der Waals surface area (Å²) in [5.41, 5.74) is 8.72. The highest BCUT2D eigenvalue weighted by atomic mass is 16.5. The van der Waals surface area contributed by atoms with Crippen LogP contribution in [0.5, 0.6) is 17.2 Å². The molecule has 5 nitrogen and oxygen atoms in total. The standard InChI is InChI=1S/C20H26N2O3/c1-23-18-6-4-14(5-7-18)15-8-16(21)13-22(12-15)17-9-19(24-2)11-20(10-17)25-3/h4-7,9-11,15-16H,8,12-13,21H2,1-3H3. The number of nitrogens with two attached hydrogens (primary N) is 1. The lowest BCUT2D eigenvalue weighted by Crippen LogP contribution is -2.46. The molecule has 1 saturated heterocycles. The van der Waals surface area contributed by atoms with Gasteiger partial charge in [0.15, 0.2) is 0 Å². The van der Waals surface area contributed by atoms with E-state index in [1.807, 2.05) is 30.3 Å². The normalized spacial score (nSPS) is 20.2. The molecule has 1 fully saturated rings. The van der Waals surface area contributed by atoms with Gasteiger partial charge in [-0.25, -0.2) is 0 Å². The highest BCUT2D eigenvalue weighted by molar-refractivity contribution is 5.56. The molecule has 0 radical (unpaired) electrons. The first-order valence-electron chi connectivity index (χ1n) is 8.50. The monoisotopic (exact) mass is 342 g/mol. The fraction of sp³-hybridized carbons (Fsp3) is 0.400. The minimum Gasteiger partial charge on any atom is -0.497 e. The summed E-state index contributed by atoms with van der Waals surface area (Å²) in [7, 11) is 5.02. The van der Waals surface area contributed by atoms with Gasteiger partial charge < -0.3 is 24.8 Å². The van der Waals surface area contributed by atoms with Gasteiger partial charge in [0.25, 0.3) is 0 Å². The zero-order chi connectivity index (χ0) is 17.8. The molecule has 2 unspecified atom stereocenters. The minimum absolute atomic E-state index is 0.123. The van der Waals surface area contributed by atoms with Gasteiger partial charge in [0.1, 0.15) is 17.2 Å². The number of piperidine rings is 1. The summed E-state index contributed by atoms with van der Waals surface area (Å²) in [6.07, 6.45) is 0.976.